The van der Waals surface area contributed by atoms with Crippen LogP contribution < -0.4 is 9.62 Å². The summed E-state index contributed by atoms with van der Waals surface area (Å²) in [6, 6.07) is 12.5. The summed E-state index contributed by atoms with van der Waals surface area (Å²) in [5.41, 5.74) is 1.29. The summed E-state index contributed by atoms with van der Waals surface area (Å²) in [4.78, 5) is 1.25. The molecule has 0 fully saturated rings. The molecule has 0 amide bonds. The van der Waals surface area contributed by atoms with Crippen molar-refractivity contribution in [1.29, 1.82) is 0 Å². The van der Waals surface area contributed by atoms with Gasteiger partial charge in [0.05, 0.1) is 22.8 Å². The molecule has 0 radical (unpaired) electrons. The van der Waals surface area contributed by atoms with Gasteiger partial charge in [0.1, 0.15) is 0 Å². The van der Waals surface area contributed by atoms with Crippen LogP contribution in [-0.4, -0.2) is 79.3 Å². The van der Waals surface area contributed by atoms with Crippen LogP contribution in [-0.2, 0) is 25.7 Å². The van der Waals surface area contributed by atoms with E-state index in [0.29, 0.717) is 70.3 Å². The number of para-hydroxylation sites is 2. The SMILES string of the molecule is CCc1c(CC)c(-c2c(CC)c(CC)c3n2[B-](F)(F)[N+]2=C4C=Cc5ccccc5N4[B-](F)(F)[N+]2=C3)n2c1C=[N+]1[N+](=C3C=Cc4ccccc4N3[B-]1(F)F)[B-]2(F)F. The molecule has 0 N–H and O–H groups in total. The van der Waals surface area contributed by atoms with E-state index in [1.54, 1.807) is 64.1 Å². The van der Waals surface area contributed by atoms with E-state index in [0.717, 1.165) is 12.4 Å². The summed E-state index contributed by atoms with van der Waals surface area (Å²) >= 11 is 0. The van der Waals surface area contributed by atoms with E-state index in [4.69, 9.17) is 0 Å². The third-order valence-electron chi connectivity index (χ3n) is 12.2. The van der Waals surface area contributed by atoms with Crippen LogP contribution in [0.4, 0.5) is 45.9 Å². The largest absolute Gasteiger partial charge is 0.869 e. The van der Waals surface area contributed by atoms with Gasteiger partial charge in [0.25, 0.3) is 11.7 Å². The normalized spacial score (nSPS) is 20.9. The molecule has 8 nitrogen and oxygen atoms in total. The Balaban J connectivity index is 1.29. The second kappa shape index (κ2) is 11.1. The molecule has 2 aromatic carbocycles. The Morgan fingerprint density at radius 3 is 1.18 bits per heavy atom. The molecule has 0 spiro atoms. The van der Waals surface area contributed by atoms with Crippen molar-refractivity contribution in [1.82, 2.24) is 8.96 Å². The third kappa shape index (κ3) is 3.94. The van der Waals surface area contributed by atoms with Crippen molar-refractivity contribution in [2.24, 2.45) is 0 Å². The fourth-order valence-electron chi connectivity index (χ4n) is 10.1. The quantitative estimate of drug-likeness (QED) is 0.161. The van der Waals surface area contributed by atoms with Gasteiger partial charge in [-0.2, -0.15) is 18.4 Å². The monoisotopic (exact) mass is 774 g/mol. The number of hydrazone groups is 4. The molecule has 8 heterocycles. The second-order valence-corrected chi connectivity index (χ2v) is 14.8. The number of anilines is 2. The van der Waals surface area contributed by atoms with E-state index in [1.165, 1.54) is 36.4 Å². The molecule has 0 atom stereocenters. The van der Waals surface area contributed by atoms with Gasteiger partial charge in [-0.3, -0.25) is 9.62 Å². The van der Waals surface area contributed by atoms with Crippen LogP contribution in [0.2, 0.25) is 0 Å². The molecule has 20 heteroatoms. The molecule has 2 aromatic heterocycles. The van der Waals surface area contributed by atoms with Gasteiger partial charge in [0, 0.05) is 34.7 Å². The van der Waals surface area contributed by atoms with Crippen molar-refractivity contribution in [2.45, 2.75) is 53.4 Å². The summed E-state index contributed by atoms with van der Waals surface area (Å²) in [5, 5.41) is 0. The van der Waals surface area contributed by atoms with E-state index >= 15 is 34.5 Å². The molecule has 10 rings (SSSR count). The number of hydrazine groups is 2. The lowest BCUT2D eigenvalue weighted by Gasteiger charge is -2.35. The van der Waals surface area contributed by atoms with Crippen molar-refractivity contribution in [3.63, 3.8) is 0 Å². The average molecular weight is 774 g/mol. The Bertz CT molecular complexity index is 2510. The number of nitrogens with zero attached hydrogens (tertiary/aromatic N) is 8. The molecule has 0 saturated heterocycles. The number of fused-ring (bicyclic) bond motifs is 10. The van der Waals surface area contributed by atoms with E-state index < -0.39 is 39.6 Å². The van der Waals surface area contributed by atoms with Gasteiger partial charge in [0.15, 0.2) is 12.4 Å². The van der Waals surface area contributed by atoms with Gasteiger partial charge in [-0.25, -0.2) is 0 Å². The first-order chi connectivity index (χ1) is 26.7. The minimum atomic E-state index is -5.20. The third-order valence-corrected chi connectivity index (χ3v) is 12.2. The number of rotatable bonds is 5. The molecule has 6 aliphatic rings. The van der Waals surface area contributed by atoms with Crippen LogP contribution in [0, 0.1) is 0 Å². The lowest BCUT2D eigenvalue weighted by atomic mass is 9.89. The fourth-order valence-corrected chi connectivity index (χ4v) is 10.1. The lowest BCUT2D eigenvalue weighted by molar-refractivity contribution is -1.00. The smallest absolute Gasteiger partial charge is 0.411 e. The summed E-state index contributed by atoms with van der Waals surface area (Å²) in [6.45, 7) is -13.3. The van der Waals surface area contributed by atoms with Gasteiger partial charge >= 0.3 is 27.9 Å². The molecule has 6 aliphatic heterocycles. The van der Waals surface area contributed by atoms with Crippen molar-refractivity contribution < 1.29 is 52.9 Å². The van der Waals surface area contributed by atoms with Gasteiger partial charge in [0.2, 0.25) is 0 Å². The maximum absolute atomic E-state index is 17.8. The zero-order chi connectivity index (χ0) is 39.4. The summed E-state index contributed by atoms with van der Waals surface area (Å²) < 4.78 is 141. The Labute approximate surface area is 316 Å². The highest BCUT2D eigenvalue weighted by molar-refractivity contribution is 6.72. The van der Waals surface area contributed by atoms with Crippen LogP contribution in [0.25, 0.3) is 23.5 Å². The zero-order valence-corrected chi connectivity index (χ0v) is 30.8. The fraction of sp³-hybridized carbons (Fsp3) is 0.222. The number of hydrogen-bond donors (Lipinski definition) is 0. The molecule has 0 bridgehead atoms. The molecule has 286 valence electrons. The van der Waals surface area contributed by atoms with E-state index in [1.807, 2.05) is 0 Å². The van der Waals surface area contributed by atoms with Crippen molar-refractivity contribution in [3.05, 3.63) is 105 Å². The number of halogens is 8. The summed E-state index contributed by atoms with van der Waals surface area (Å²) in [5.74, 6) is -0.918. The predicted octanol–water partition coefficient (Wildman–Crippen LogP) is 7.04. The Kier molecular flexibility index (Phi) is 6.90. The highest BCUT2D eigenvalue weighted by Crippen LogP contribution is 2.48. The predicted molar refractivity (Wildman–Crippen MR) is 205 cm³/mol. The Morgan fingerprint density at radius 2 is 0.821 bits per heavy atom. The highest BCUT2D eigenvalue weighted by Gasteiger charge is 2.74. The number of hydrogen-bond acceptors (Lipinski definition) is 2. The number of amidine groups is 2. The van der Waals surface area contributed by atoms with Crippen LogP contribution in [0.3, 0.4) is 0 Å². The molecule has 0 unspecified atom stereocenters. The second-order valence-electron chi connectivity index (χ2n) is 14.8. The Morgan fingerprint density at radius 1 is 0.464 bits per heavy atom. The van der Waals surface area contributed by atoms with Gasteiger partial charge in [-0.1, -0.05) is 64.1 Å². The Hall–Kier alpha value is -5.54. The minimum Gasteiger partial charge on any atom is -0.411 e. The van der Waals surface area contributed by atoms with Crippen LogP contribution >= 0.6 is 0 Å². The van der Waals surface area contributed by atoms with Crippen LogP contribution in [0.15, 0.2) is 60.7 Å². The minimum absolute atomic E-state index is 0.0539. The van der Waals surface area contributed by atoms with E-state index in [2.05, 4.69) is 0 Å². The average Bonchev–Trinajstić information content (AvgIpc) is 3.83. The van der Waals surface area contributed by atoms with Crippen molar-refractivity contribution >= 4 is 75.5 Å². The first-order valence-electron chi connectivity index (χ1n) is 19.0. The van der Waals surface area contributed by atoms with Crippen molar-refractivity contribution in [2.75, 3.05) is 9.62 Å². The molecule has 56 heavy (non-hydrogen) atoms. The summed E-state index contributed by atoms with van der Waals surface area (Å²) in [7, 11) is 0. The first kappa shape index (κ1) is 34.9. The first-order valence-corrected chi connectivity index (χ1v) is 19.0. The van der Waals surface area contributed by atoms with Crippen LogP contribution in [0.5, 0.6) is 0 Å². The highest BCUT2D eigenvalue weighted by atomic mass is 19.3. The van der Waals surface area contributed by atoms with Crippen molar-refractivity contribution in [3.8, 4) is 11.4 Å². The van der Waals surface area contributed by atoms with E-state index in [9.17, 15) is 0 Å². The van der Waals surface area contributed by atoms with Gasteiger partial charge in [-0.05, 0) is 72.2 Å². The van der Waals surface area contributed by atoms with E-state index in [-0.39, 0.29) is 59.8 Å². The lowest BCUT2D eigenvalue weighted by Crippen LogP contribution is -2.61. The van der Waals surface area contributed by atoms with Gasteiger partial charge < -0.3 is 43.5 Å². The van der Waals surface area contributed by atoms with Crippen LogP contribution in [0.1, 0.15) is 72.5 Å². The molecular formula is C36H34B4F8N8. The number of benzene rings is 2. The maximum atomic E-state index is 17.8. The zero-order valence-electron chi connectivity index (χ0n) is 30.8. The maximum Gasteiger partial charge on any atom is 0.869 e. The summed E-state index contributed by atoms with van der Waals surface area (Å²) in [6.07, 6.45) is 7.91. The standard InChI is InChI=1S/C36H34B4F8N8/c1-5-25-27(7-3)35(53-31(25)21-49-37(41,42)51-29-15-11-9-13-23(29)17-19-33(51)55(49)39(53,45)46)36-28(8-4)26(6-2)32-22-50-38(43,44)52-30-16-12-10-14-24(30)18-20-34(52)56(50)40(47,48)54(32)36/h9-22H,5-8H2,1-4H3. The topological polar surface area (TPSA) is 28.4 Å². The molecule has 4 aromatic rings. The molecular weight excluding hydrogens is 740 g/mol. The van der Waals surface area contributed by atoms with Gasteiger partial charge in [-0.15, -0.1) is 0 Å². The number of aromatic nitrogens is 2. The molecule has 0 aliphatic carbocycles. The molecule has 0 saturated carbocycles.